The van der Waals surface area contributed by atoms with Gasteiger partial charge in [0.05, 0.1) is 0 Å². The van der Waals surface area contributed by atoms with Gasteiger partial charge >= 0.3 is 0 Å². The fourth-order valence-electron chi connectivity index (χ4n) is 1.56. The van der Waals surface area contributed by atoms with Gasteiger partial charge in [-0.2, -0.15) is 0 Å². The topological polar surface area (TPSA) is 12.5 Å². The van der Waals surface area contributed by atoms with Crippen molar-refractivity contribution in [2.75, 3.05) is 7.11 Å². The lowest BCUT2D eigenvalue weighted by molar-refractivity contribution is -0.0531. The smallest absolute Gasteiger partial charge is 0.107 e. The highest BCUT2D eigenvalue weighted by atomic mass is 16.5. The van der Waals surface area contributed by atoms with Crippen molar-refractivity contribution < 1.29 is 4.74 Å². The molecule has 0 heterocycles. The number of methoxy groups -OCH3 is 1. The van der Waals surface area contributed by atoms with Gasteiger partial charge in [-0.3, -0.25) is 4.90 Å². The van der Waals surface area contributed by atoms with E-state index in [4.69, 9.17) is 4.74 Å². The van der Waals surface area contributed by atoms with Crippen LogP contribution in [0, 0.1) is 0 Å². The fraction of sp³-hybridized carbons (Fsp3) is 1.00. The average Bonchev–Trinajstić information content (AvgIpc) is 1.85. The second kappa shape index (κ2) is 4.73. The molecule has 2 nitrogen and oxygen atoms in total. The van der Waals surface area contributed by atoms with Crippen LogP contribution in [0.1, 0.15) is 34.6 Å². The molecule has 0 aromatic carbocycles. The molecule has 0 rings (SSSR count). The van der Waals surface area contributed by atoms with Gasteiger partial charge in [0.2, 0.25) is 0 Å². The first-order valence-corrected chi connectivity index (χ1v) is 4.31. The maximum Gasteiger partial charge on any atom is 0.107 e. The number of rotatable bonds is 4. The molecular formula is C9H21NO. The van der Waals surface area contributed by atoms with Crippen LogP contribution >= 0.6 is 0 Å². The first kappa shape index (κ1) is 10.9. The van der Waals surface area contributed by atoms with E-state index in [0.29, 0.717) is 12.1 Å². The van der Waals surface area contributed by atoms with Crippen molar-refractivity contribution in [3.8, 4) is 0 Å². The average molecular weight is 159 g/mol. The lowest BCUT2D eigenvalue weighted by Crippen LogP contribution is -2.44. The normalized spacial score (nSPS) is 15.0. The van der Waals surface area contributed by atoms with Crippen molar-refractivity contribution in [2.45, 2.75) is 52.9 Å². The molecule has 0 fully saturated rings. The molecule has 0 bridgehead atoms. The highest BCUT2D eigenvalue weighted by molar-refractivity contribution is 4.68. The zero-order chi connectivity index (χ0) is 9.02. The summed E-state index contributed by atoms with van der Waals surface area (Å²) in [5.41, 5.74) is 0. The van der Waals surface area contributed by atoms with Gasteiger partial charge in [-0.25, -0.2) is 0 Å². The molecule has 0 aliphatic carbocycles. The molecule has 1 atom stereocenters. The molecule has 0 saturated carbocycles. The number of nitrogens with zero attached hydrogens (tertiary/aromatic N) is 1. The molecule has 0 aliphatic rings. The monoisotopic (exact) mass is 159 g/mol. The lowest BCUT2D eigenvalue weighted by Gasteiger charge is -2.35. The minimum absolute atomic E-state index is 0.218. The molecule has 0 aliphatic heterocycles. The fourth-order valence-corrected chi connectivity index (χ4v) is 1.56. The zero-order valence-electron chi connectivity index (χ0n) is 8.59. The summed E-state index contributed by atoms with van der Waals surface area (Å²) in [7, 11) is 1.75. The number of hydrogen-bond acceptors (Lipinski definition) is 2. The Morgan fingerprint density at radius 2 is 1.27 bits per heavy atom. The third kappa shape index (κ3) is 3.21. The highest BCUT2D eigenvalue weighted by Gasteiger charge is 2.18. The molecule has 68 valence electrons. The first-order chi connectivity index (χ1) is 5.00. The zero-order valence-corrected chi connectivity index (χ0v) is 8.59. The molecule has 11 heavy (non-hydrogen) atoms. The Morgan fingerprint density at radius 3 is 1.36 bits per heavy atom. The molecule has 0 amide bonds. The summed E-state index contributed by atoms with van der Waals surface area (Å²) >= 11 is 0. The van der Waals surface area contributed by atoms with Crippen LogP contribution in [0.15, 0.2) is 0 Å². The van der Waals surface area contributed by atoms with Gasteiger partial charge in [0.1, 0.15) is 6.23 Å². The van der Waals surface area contributed by atoms with Crippen molar-refractivity contribution in [2.24, 2.45) is 0 Å². The van der Waals surface area contributed by atoms with Gasteiger partial charge in [-0.1, -0.05) is 0 Å². The van der Waals surface area contributed by atoms with Crippen LogP contribution in [0.5, 0.6) is 0 Å². The summed E-state index contributed by atoms with van der Waals surface area (Å²) in [4.78, 5) is 2.33. The van der Waals surface area contributed by atoms with Crippen LogP contribution < -0.4 is 0 Å². The maximum absolute atomic E-state index is 5.26. The SMILES string of the molecule is COC(C)N(C(C)C)C(C)C. The number of ether oxygens (including phenoxy) is 1. The Bertz CT molecular complexity index is 93.7. The molecule has 0 N–H and O–H groups in total. The van der Waals surface area contributed by atoms with Gasteiger partial charge < -0.3 is 4.74 Å². The van der Waals surface area contributed by atoms with Crippen LogP contribution in [0.25, 0.3) is 0 Å². The van der Waals surface area contributed by atoms with E-state index >= 15 is 0 Å². The molecule has 1 unspecified atom stereocenters. The molecular weight excluding hydrogens is 138 g/mol. The van der Waals surface area contributed by atoms with E-state index in [1.54, 1.807) is 7.11 Å². The molecule has 2 heteroatoms. The Labute approximate surface area is 70.5 Å². The predicted molar refractivity (Wildman–Crippen MR) is 48.6 cm³/mol. The molecule has 0 saturated heterocycles. The Balaban J connectivity index is 4.09. The second-order valence-electron chi connectivity index (χ2n) is 3.47. The van der Waals surface area contributed by atoms with Crippen molar-refractivity contribution in [3.05, 3.63) is 0 Å². The molecule has 0 spiro atoms. The van der Waals surface area contributed by atoms with Crippen LogP contribution in [-0.2, 0) is 4.74 Å². The van der Waals surface area contributed by atoms with E-state index < -0.39 is 0 Å². The number of hydrogen-bond donors (Lipinski definition) is 0. The Kier molecular flexibility index (Phi) is 4.69. The van der Waals surface area contributed by atoms with Crippen LogP contribution in [-0.4, -0.2) is 30.3 Å². The van der Waals surface area contributed by atoms with Gasteiger partial charge in [0.15, 0.2) is 0 Å². The van der Waals surface area contributed by atoms with Crippen molar-refractivity contribution >= 4 is 0 Å². The van der Waals surface area contributed by atoms with Crippen LogP contribution in [0.3, 0.4) is 0 Å². The van der Waals surface area contributed by atoms with E-state index in [0.717, 1.165) is 0 Å². The Hall–Kier alpha value is -0.0800. The summed E-state index contributed by atoms with van der Waals surface area (Å²) in [6.07, 6.45) is 0.218. The van der Waals surface area contributed by atoms with Crippen molar-refractivity contribution in [1.29, 1.82) is 0 Å². The summed E-state index contributed by atoms with van der Waals surface area (Å²) in [6, 6.07) is 1.09. The van der Waals surface area contributed by atoms with Crippen molar-refractivity contribution in [1.82, 2.24) is 4.90 Å². The van der Waals surface area contributed by atoms with Gasteiger partial charge in [0, 0.05) is 19.2 Å². The maximum atomic E-state index is 5.26. The largest absolute Gasteiger partial charge is 0.367 e. The van der Waals surface area contributed by atoms with Gasteiger partial charge in [0.25, 0.3) is 0 Å². The standard InChI is InChI=1S/C9H21NO/c1-7(2)10(8(3)4)9(5)11-6/h7-9H,1-6H3. The van der Waals surface area contributed by atoms with E-state index in [2.05, 4.69) is 39.5 Å². The van der Waals surface area contributed by atoms with Gasteiger partial charge in [-0.05, 0) is 34.6 Å². The first-order valence-electron chi connectivity index (χ1n) is 4.31. The van der Waals surface area contributed by atoms with E-state index in [1.165, 1.54) is 0 Å². The summed E-state index contributed by atoms with van der Waals surface area (Å²) < 4.78 is 5.26. The van der Waals surface area contributed by atoms with E-state index in [1.807, 2.05) is 0 Å². The molecule has 0 aromatic rings. The summed E-state index contributed by atoms with van der Waals surface area (Å²) in [6.45, 7) is 10.8. The quantitative estimate of drug-likeness (QED) is 0.582. The lowest BCUT2D eigenvalue weighted by atomic mass is 10.2. The predicted octanol–water partition coefficient (Wildman–Crippen LogP) is 2.10. The minimum Gasteiger partial charge on any atom is -0.367 e. The molecule has 0 aromatic heterocycles. The van der Waals surface area contributed by atoms with Gasteiger partial charge in [-0.15, -0.1) is 0 Å². The summed E-state index contributed by atoms with van der Waals surface area (Å²) in [5, 5.41) is 0. The minimum atomic E-state index is 0.218. The summed E-state index contributed by atoms with van der Waals surface area (Å²) in [5.74, 6) is 0. The van der Waals surface area contributed by atoms with Crippen LogP contribution in [0.2, 0.25) is 0 Å². The van der Waals surface area contributed by atoms with Crippen LogP contribution in [0.4, 0.5) is 0 Å². The van der Waals surface area contributed by atoms with E-state index in [-0.39, 0.29) is 6.23 Å². The second-order valence-corrected chi connectivity index (χ2v) is 3.47. The third-order valence-electron chi connectivity index (χ3n) is 1.95. The highest BCUT2D eigenvalue weighted by Crippen LogP contribution is 2.10. The third-order valence-corrected chi connectivity index (χ3v) is 1.95. The van der Waals surface area contributed by atoms with E-state index in [9.17, 15) is 0 Å². The molecule has 0 radical (unpaired) electrons. The van der Waals surface area contributed by atoms with Crippen molar-refractivity contribution in [3.63, 3.8) is 0 Å². The Morgan fingerprint density at radius 1 is 0.909 bits per heavy atom.